The number of aromatic amines is 1. The summed E-state index contributed by atoms with van der Waals surface area (Å²) >= 11 is 5.17. The summed E-state index contributed by atoms with van der Waals surface area (Å²) in [4.78, 5) is 3.09. The Kier molecular flexibility index (Phi) is 2.68. The molecule has 2 aromatic heterocycles. The van der Waals surface area contributed by atoms with Gasteiger partial charge in [-0.05, 0) is 19.1 Å². The van der Waals surface area contributed by atoms with E-state index >= 15 is 0 Å². The van der Waals surface area contributed by atoms with E-state index in [1.807, 2.05) is 29.3 Å². The number of H-pyrrole nitrogens is 1. The summed E-state index contributed by atoms with van der Waals surface area (Å²) in [6.07, 6.45) is 4.55. The fourth-order valence-electron chi connectivity index (χ4n) is 1.49. The Balaban J connectivity index is 2.08. The molecule has 0 spiro atoms. The van der Waals surface area contributed by atoms with Crippen molar-refractivity contribution in [3.8, 4) is 0 Å². The molecule has 6 heteroatoms. The molecule has 0 fully saturated rings. The number of aromatic nitrogens is 5. The van der Waals surface area contributed by atoms with Gasteiger partial charge in [0.05, 0.1) is 0 Å². The average molecular weight is 223 g/mol. The molecule has 0 unspecified atom stereocenters. The van der Waals surface area contributed by atoms with Crippen molar-refractivity contribution in [2.45, 2.75) is 19.9 Å². The van der Waals surface area contributed by atoms with E-state index in [2.05, 4.69) is 15.2 Å². The van der Waals surface area contributed by atoms with Crippen molar-refractivity contribution in [3.63, 3.8) is 0 Å². The molecule has 2 rings (SSSR count). The second-order valence-corrected chi connectivity index (χ2v) is 3.93. The molecular weight excluding hydrogens is 210 g/mol. The standard InChI is InChI=1S/C9H13N5S/c1-7-5-14(9(15)11-7)4-3-8-12-10-6-13(8)2/h5-6H,3-4H2,1-2H3,(H,11,15). The Morgan fingerprint density at radius 1 is 1.53 bits per heavy atom. The molecular formula is C9H13N5S. The van der Waals surface area contributed by atoms with Gasteiger partial charge in [0, 0.05) is 31.9 Å². The highest BCUT2D eigenvalue weighted by atomic mass is 32.1. The van der Waals surface area contributed by atoms with Crippen LogP contribution in [-0.4, -0.2) is 24.3 Å². The summed E-state index contributed by atoms with van der Waals surface area (Å²) in [5, 5.41) is 7.85. The molecule has 0 aliphatic carbocycles. The van der Waals surface area contributed by atoms with Gasteiger partial charge < -0.3 is 14.1 Å². The summed E-state index contributed by atoms with van der Waals surface area (Å²) < 4.78 is 4.69. The van der Waals surface area contributed by atoms with Crippen LogP contribution in [0.5, 0.6) is 0 Å². The smallest absolute Gasteiger partial charge is 0.177 e. The molecule has 0 bridgehead atoms. The minimum atomic E-state index is 0.759. The van der Waals surface area contributed by atoms with E-state index < -0.39 is 0 Å². The number of hydrogen-bond acceptors (Lipinski definition) is 3. The maximum atomic E-state index is 5.17. The molecule has 15 heavy (non-hydrogen) atoms. The molecule has 0 aliphatic rings. The second-order valence-electron chi connectivity index (χ2n) is 3.54. The van der Waals surface area contributed by atoms with Crippen LogP contribution in [0.3, 0.4) is 0 Å². The zero-order valence-electron chi connectivity index (χ0n) is 8.77. The fourth-order valence-corrected chi connectivity index (χ4v) is 1.79. The van der Waals surface area contributed by atoms with E-state index in [1.54, 1.807) is 6.33 Å². The van der Waals surface area contributed by atoms with Crippen molar-refractivity contribution in [3.05, 3.63) is 28.8 Å². The molecule has 0 aliphatic heterocycles. The van der Waals surface area contributed by atoms with Crippen molar-refractivity contribution in [2.75, 3.05) is 0 Å². The molecule has 80 valence electrons. The molecule has 0 saturated carbocycles. The van der Waals surface area contributed by atoms with Crippen LogP contribution in [0.1, 0.15) is 11.5 Å². The van der Waals surface area contributed by atoms with Gasteiger partial charge in [-0.2, -0.15) is 0 Å². The number of aryl methyl sites for hydroxylation is 4. The predicted molar refractivity (Wildman–Crippen MR) is 59.1 cm³/mol. The van der Waals surface area contributed by atoms with Gasteiger partial charge in [0.1, 0.15) is 12.2 Å². The van der Waals surface area contributed by atoms with E-state index in [0.717, 1.165) is 29.3 Å². The van der Waals surface area contributed by atoms with E-state index in [-0.39, 0.29) is 0 Å². The molecule has 1 N–H and O–H groups in total. The highest BCUT2D eigenvalue weighted by Gasteiger charge is 2.02. The number of imidazole rings is 1. The van der Waals surface area contributed by atoms with Crippen LogP contribution in [-0.2, 0) is 20.0 Å². The molecule has 0 amide bonds. The Morgan fingerprint density at radius 2 is 2.33 bits per heavy atom. The third-order valence-electron chi connectivity index (χ3n) is 2.30. The summed E-state index contributed by atoms with van der Waals surface area (Å²) in [7, 11) is 1.94. The molecule has 5 nitrogen and oxygen atoms in total. The Hall–Kier alpha value is -1.43. The van der Waals surface area contributed by atoms with Crippen LogP contribution in [0.15, 0.2) is 12.5 Å². The average Bonchev–Trinajstić information content (AvgIpc) is 2.70. The van der Waals surface area contributed by atoms with Crippen LogP contribution in [0.2, 0.25) is 0 Å². The van der Waals surface area contributed by atoms with Crippen LogP contribution < -0.4 is 0 Å². The van der Waals surface area contributed by atoms with Crippen molar-refractivity contribution in [1.29, 1.82) is 0 Å². The van der Waals surface area contributed by atoms with Gasteiger partial charge in [0.2, 0.25) is 0 Å². The number of rotatable bonds is 3. The van der Waals surface area contributed by atoms with Crippen molar-refractivity contribution < 1.29 is 0 Å². The minimum Gasteiger partial charge on any atom is -0.335 e. The summed E-state index contributed by atoms with van der Waals surface area (Å²) in [6, 6.07) is 0. The highest BCUT2D eigenvalue weighted by Crippen LogP contribution is 2.01. The van der Waals surface area contributed by atoms with Gasteiger partial charge in [0.25, 0.3) is 0 Å². The van der Waals surface area contributed by atoms with Crippen molar-refractivity contribution in [1.82, 2.24) is 24.3 Å². The maximum absolute atomic E-state index is 5.17. The lowest BCUT2D eigenvalue weighted by Crippen LogP contribution is -2.04. The molecule has 0 saturated heterocycles. The van der Waals surface area contributed by atoms with Gasteiger partial charge >= 0.3 is 0 Å². The van der Waals surface area contributed by atoms with Gasteiger partial charge in [-0.15, -0.1) is 10.2 Å². The molecule has 2 heterocycles. The first kappa shape index (κ1) is 10.1. The Labute approximate surface area is 92.8 Å². The quantitative estimate of drug-likeness (QED) is 0.796. The van der Waals surface area contributed by atoms with E-state index in [1.165, 1.54) is 0 Å². The summed E-state index contributed by atoms with van der Waals surface area (Å²) in [5.41, 5.74) is 1.08. The molecule has 0 aromatic carbocycles. The molecule has 0 radical (unpaired) electrons. The number of nitrogens with one attached hydrogen (secondary N) is 1. The highest BCUT2D eigenvalue weighted by molar-refractivity contribution is 7.71. The van der Waals surface area contributed by atoms with Gasteiger partial charge in [-0.1, -0.05) is 0 Å². The zero-order chi connectivity index (χ0) is 10.8. The predicted octanol–water partition coefficient (Wildman–Crippen LogP) is 1.23. The normalized spacial score (nSPS) is 10.8. The van der Waals surface area contributed by atoms with E-state index in [9.17, 15) is 0 Å². The lowest BCUT2D eigenvalue weighted by Gasteiger charge is -2.01. The van der Waals surface area contributed by atoms with Crippen LogP contribution in [0.4, 0.5) is 0 Å². The monoisotopic (exact) mass is 223 g/mol. The fraction of sp³-hybridized carbons (Fsp3) is 0.444. The van der Waals surface area contributed by atoms with Crippen molar-refractivity contribution >= 4 is 12.2 Å². The Bertz CT molecular complexity index is 507. The van der Waals surface area contributed by atoms with Gasteiger partial charge in [-0.3, -0.25) is 0 Å². The van der Waals surface area contributed by atoms with Crippen LogP contribution in [0, 0.1) is 11.7 Å². The lowest BCUT2D eigenvalue weighted by atomic mass is 10.4. The van der Waals surface area contributed by atoms with Crippen LogP contribution in [0.25, 0.3) is 0 Å². The first-order valence-electron chi connectivity index (χ1n) is 4.76. The van der Waals surface area contributed by atoms with Gasteiger partial charge in [-0.25, -0.2) is 0 Å². The third kappa shape index (κ3) is 2.15. The van der Waals surface area contributed by atoms with E-state index in [4.69, 9.17) is 12.2 Å². The first-order valence-corrected chi connectivity index (χ1v) is 5.16. The number of hydrogen-bond donors (Lipinski definition) is 1. The molecule has 0 atom stereocenters. The largest absolute Gasteiger partial charge is 0.335 e. The first-order chi connectivity index (χ1) is 7.16. The van der Waals surface area contributed by atoms with Crippen LogP contribution >= 0.6 is 12.2 Å². The van der Waals surface area contributed by atoms with E-state index in [0.29, 0.717) is 0 Å². The zero-order valence-corrected chi connectivity index (χ0v) is 9.58. The SMILES string of the molecule is Cc1cn(CCc2nncn2C)c(=S)[nH]1. The topological polar surface area (TPSA) is 51.4 Å². The van der Waals surface area contributed by atoms with Gasteiger partial charge in [0.15, 0.2) is 4.77 Å². The second kappa shape index (κ2) is 3.98. The molecule has 2 aromatic rings. The third-order valence-corrected chi connectivity index (χ3v) is 2.63. The van der Waals surface area contributed by atoms with Crippen molar-refractivity contribution in [2.24, 2.45) is 7.05 Å². The summed E-state index contributed by atoms with van der Waals surface area (Å²) in [6.45, 7) is 2.82. The maximum Gasteiger partial charge on any atom is 0.177 e. The number of nitrogens with zero attached hydrogens (tertiary/aromatic N) is 4. The Morgan fingerprint density at radius 3 is 2.87 bits per heavy atom. The summed E-state index contributed by atoms with van der Waals surface area (Å²) in [5.74, 6) is 0.968. The lowest BCUT2D eigenvalue weighted by molar-refractivity contribution is 0.642. The minimum absolute atomic E-state index is 0.759.